The van der Waals surface area contributed by atoms with Crippen LogP contribution in [0.4, 0.5) is 4.39 Å². The van der Waals surface area contributed by atoms with Crippen LogP contribution < -0.4 is 34.7 Å². The number of aliphatic hydroxyl groups excluding tert-OH is 2. The molecule has 0 spiro atoms. The second-order valence-corrected chi connectivity index (χ2v) is 7.82. The number of benzene rings is 2. The van der Waals surface area contributed by atoms with Gasteiger partial charge >= 0.3 is 35.5 Å². The average Bonchev–Trinajstić information content (AvgIpc) is 2.99. The normalized spacial score (nSPS) is 13.4. The maximum absolute atomic E-state index is 13.5. The molecule has 3 rings (SSSR count). The number of carboxylic acid groups (broad SMARTS) is 1. The minimum Gasteiger partial charge on any atom is -0.872 e. The van der Waals surface area contributed by atoms with Crippen LogP contribution in [-0.4, -0.2) is 38.1 Å². The SMILES string of the molecule is CC(C)n1c(/C=C\[C@@H](O)C[C@@H](O)CC(=O)O)c(-c2ccc(F)cc2)c2cc([O-])ccc21.[Na+]. The summed E-state index contributed by atoms with van der Waals surface area (Å²) in [5.41, 5.74) is 3.00. The molecule has 0 saturated carbocycles. The second-order valence-electron chi connectivity index (χ2n) is 7.82. The molecule has 0 unspecified atom stereocenters. The number of aromatic nitrogens is 1. The molecule has 3 aromatic rings. The predicted molar refractivity (Wildman–Crippen MR) is 115 cm³/mol. The van der Waals surface area contributed by atoms with Crippen LogP contribution in [0.15, 0.2) is 48.5 Å². The fourth-order valence-corrected chi connectivity index (χ4v) is 3.80. The molecule has 0 aliphatic rings. The fraction of sp³-hybridized carbons (Fsp3) is 0.292. The van der Waals surface area contributed by atoms with Gasteiger partial charge in [-0.3, -0.25) is 4.79 Å². The summed E-state index contributed by atoms with van der Waals surface area (Å²) >= 11 is 0. The molecular formula is C24H25FNNaO5. The monoisotopic (exact) mass is 449 g/mol. The third-order valence-electron chi connectivity index (χ3n) is 5.06. The molecule has 0 saturated heterocycles. The van der Waals surface area contributed by atoms with Gasteiger partial charge in [0.1, 0.15) is 5.82 Å². The summed E-state index contributed by atoms with van der Waals surface area (Å²) in [5.74, 6) is -1.67. The van der Waals surface area contributed by atoms with Crippen molar-refractivity contribution in [1.82, 2.24) is 4.57 Å². The number of carboxylic acids is 1. The number of nitrogens with zero attached hydrogens (tertiary/aromatic N) is 1. The third kappa shape index (κ3) is 5.99. The van der Waals surface area contributed by atoms with E-state index in [0.717, 1.165) is 16.6 Å². The van der Waals surface area contributed by atoms with Crippen molar-refractivity contribution in [3.63, 3.8) is 0 Å². The molecule has 3 N–H and O–H groups in total. The van der Waals surface area contributed by atoms with Crippen molar-refractivity contribution in [2.75, 3.05) is 0 Å². The van der Waals surface area contributed by atoms with Gasteiger partial charge in [-0.1, -0.05) is 30.3 Å². The van der Waals surface area contributed by atoms with Crippen molar-refractivity contribution in [3.8, 4) is 16.9 Å². The van der Waals surface area contributed by atoms with E-state index in [1.807, 2.05) is 18.4 Å². The summed E-state index contributed by atoms with van der Waals surface area (Å²) in [6.07, 6.45) is 0.368. The van der Waals surface area contributed by atoms with Gasteiger partial charge in [-0.25, -0.2) is 4.39 Å². The molecule has 0 radical (unpaired) electrons. The number of carbonyl (C=O) groups is 1. The zero-order chi connectivity index (χ0) is 22.7. The first-order chi connectivity index (χ1) is 14.7. The molecule has 0 bridgehead atoms. The third-order valence-corrected chi connectivity index (χ3v) is 5.06. The van der Waals surface area contributed by atoms with E-state index in [0.29, 0.717) is 11.1 Å². The number of hydrogen-bond acceptors (Lipinski definition) is 4. The number of aliphatic carboxylic acids is 1. The Labute approximate surface area is 207 Å². The van der Waals surface area contributed by atoms with Crippen LogP contribution in [0.25, 0.3) is 28.1 Å². The topological polar surface area (TPSA) is 106 Å². The standard InChI is InChI=1S/C24H26FNO5.Na/c1-14(2)26-21-9-7-18(28)12-20(21)24(15-3-5-16(25)6-4-15)22(26)10-8-17(27)11-19(29)13-23(30)31;/h3-10,12,14,17,19,27-29H,11,13H2,1-2H3,(H,30,31);/q;+1/p-1/b10-8-;/t17-,19-;/m1./s1. The van der Waals surface area contributed by atoms with Gasteiger partial charge < -0.3 is 25.0 Å². The van der Waals surface area contributed by atoms with Gasteiger partial charge in [0.2, 0.25) is 0 Å². The van der Waals surface area contributed by atoms with Gasteiger partial charge in [-0.2, -0.15) is 0 Å². The molecule has 32 heavy (non-hydrogen) atoms. The summed E-state index contributed by atoms with van der Waals surface area (Å²) < 4.78 is 15.5. The van der Waals surface area contributed by atoms with Crippen LogP contribution >= 0.6 is 0 Å². The van der Waals surface area contributed by atoms with Crippen LogP contribution in [-0.2, 0) is 4.79 Å². The van der Waals surface area contributed by atoms with E-state index in [9.17, 15) is 24.5 Å². The smallest absolute Gasteiger partial charge is 0.872 e. The molecule has 1 aromatic heterocycles. The summed E-state index contributed by atoms with van der Waals surface area (Å²) in [6.45, 7) is 3.98. The zero-order valence-corrected chi connectivity index (χ0v) is 20.3. The number of rotatable bonds is 8. The van der Waals surface area contributed by atoms with E-state index < -0.39 is 24.6 Å². The summed E-state index contributed by atoms with van der Waals surface area (Å²) in [5, 5.41) is 41.6. The first-order valence-electron chi connectivity index (χ1n) is 10.0. The summed E-state index contributed by atoms with van der Waals surface area (Å²) in [6, 6.07) is 10.8. The summed E-state index contributed by atoms with van der Waals surface area (Å²) in [7, 11) is 0. The number of aliphatic hydroxyl groups is 2. The van der Waals surface area contributed by atoms with E-state index in [4.69, 9.17) is 5.11 Å². The maximum Gasteiger partial charge on any atom is 1.00 e. The van der Waals surface area contributed by atoms with Gasteiger partial charge in [-0.05, 0) is 43.7 Å². The zero-order valence-electron chi connectivity index (χ0n) is 18.3. The minimum atomic E-state index is -1.17. The molecule has 164 valence electrons. The van der Waals surface area contributed by atoms with Gasteiger partial charge in [0, 0.05) is 34.6 Å². The van der Waals surface area contributed by atoms with Crippen LogP contribution in [0.5, 0.6) is 5.75 Å². The van der Waals surface area contributed by atoms with Crippen LogP contribution in [0.2, 0.25) is 0 Å². The Morgan fingerprint density at radius 3 is 2.41 bits per heavy atom. The Morgan fingerprint density at radius 2 is 1.81 bits per heavy atom. The Morgan fingerprint density at radius 1 is 1.16 bits per heavy atom. The van der Waals surface area contributed by atoms with Crippen molar-refractivity contribution in [2.45, 2.75) is 44.9 Å². The van der Waals surface area contributed by atoms with E-state index in [1.165, 1.54) is 30.3 Å². The largest absolute Gasteiger partial charge is 1.00 e. The van der Waals surface area contributed by atoms with Crippen LogP contribution in [0.1, 0.15) is 38.4 Å². The van der Waals surface area contributed by atoms with Gasteiger partial charge in [-0.15, -0.1) is 5.75 Å². The quantitative estimate of drug-likeness (QED) is 0.439. The first-order valence-corrected chi connectivity index (χ1v) is 10.0. The molecule has 0 aliphatic heterocycles. The molecule has 0 aliphatic carbocycles. The Bertz CT molecular complexity index is 1110. The molecule has 2 atom stereocenters. The molecule has 0 amide bonds. The number of halogens is 1. The average molecular weight is 449 g/mol. The van der Waals surface area contributed by atoms with Gasteiger partial charge in [0.05, 0.1) is 18.6 Å². The fourth-order valence-electron chi connectivity index (χ4n) is 3.80. The maximum atomic E-state index is 13.5. The first kappa shape index (κ1) is 26.1. The number of fused-ring (bicyclic) bond motifs is 1. The number of hydrogen-bond donors (Lipinski definition) is 3. The van der Waals surface area contributed by atoms with Crippen LogP contribution in [0.3, 0.4) is 0 Å². The molecule has 1 heterocycles. The van der Waals surface area contributed by atoms with Gasteiger partial charge in [0.25, 0.3) is 0 Å². The van der Waals surface area contributed by atoms with Crippen molar-refractivity contribution in [1.29, 1.82) is 0 Å². The molecule has 0 fully saturated rings. The Kier molecular flexibility index (Phi) is 9.07. The summed E-state index contributed by atoms with van der Waals surface area (Å²) in [4.78, 5) is 10.7. The van der Waals surface area contributed by atoms with Crippen molar-refractivity contribution < 1.29 is 59.2 Å². The minimum absolute atomic E-state index is 0. The molecular weight excluding hydrogens is 424 g/mol. The van der Waals surface area contributed by atoms with Gasteiger partial charge in [0.15, 0.2) is 0 Å². The van der Waals surface area contributed by atoms with Crippen molar-refractivity contribution in [2.24, 2.45) is 0 Å². The van der Waals surface area contributed by atoms with E-state index in [-0.39, 0.29) is 53.6 Å². The Balaban J connectivity index is 0.00000363. The molecule has 8 heteroatoms. The van der Waals surface area contributed by atoms with Crippen molar-refractivity contribution in [3.05, 3.63) is 60.1 Å². The van der Waals surface area contributed by atoms with E-state index in [1.54, 1.807) is 24.3 Å². The Hall–Kier alpha value is -2.16. The van der Waals surface area contributed by atoms with Crippen LogP contribution in [0, 0.1) is 5.82 Å². The van der Waals surface area contributed by atoms with E-state index in [2.05, 4.69) is 0 Å². The molecule has 6 nitrogen and oxygen atoms in total. The second kappa shape index (κ2) is 11.1. The molecule has 2 aromatic carbocycles. The predicted octanol–water partition coefficient (Wildman–Crippen LogP) is 0.706. The van der Waals surface area contributed by atoms with Crippen molar-refractivity contribution >= 4 is 22.9 Å². The van der Waals surface area contributed by atoms with E-state index >= 15 is 0 Å².